The lowest BCUT2D eigenvalue weighted by Crippen LogP contribution is -2.26. The summed E-state index contributed by atoms with van der Waals surface area (Å²) in [6.07, 6.45) is 1.95. The lowest BCUT2D eigenvalue weighted by Gasteiger charge is -2.17. The third kappa shape index (κ3) is 4.97. The molecule has 0 spiro atoms. The highest BCUT2D eigenvalue weighted by Crippen LogP contribution is 2.19. The number of nitrogens with zero attached hydrogens (tertiary/aromatic N) is 2. The second-order valence-corrected chi connectivity index (χ2v) is 5.01. The standard InChI is InChI=1S/C14H21N3O3/c1-11(15)6-5-9-14(18)16(2)10-12-7-3-4-8-13(12)17(19)20/h3-4,7-8,11H,5-6,9-10,15H2,1-2H3. The van der Waals surface area contributed by atoms with E-state index in [0.717, 1.165) is 12.8 Å². The maximum atomic E-state index is 11.9. The molecule has 0 aromatic heterocycles. The van der Waals surface area contributed by atoms with E-state index in [4.69, 9.17) is 5.73 Å². The van der Waals surface area contributed by atoms with Crippen LogP contribution in [-0.4, -0.2) is 28.8 Å². The molecule has 0 radical (unpaired) electrons. The summed E-state index contributed by atoms with van der Waals surface area (Å²) in [7, 11) is 1.66. The Bertz CT molecular complexity index is 474. The zero-order valence-electron chi connectivity index (χ0n) is 11.9. The number of amides is 1. The predicted molar refractivity (Wildman–Crippen MR) is 77.1 cm³/mol. The molecule has 0 bridgehead atoms. The van der Waals surface area contributed by atoms with Crippen LogP contribution in [0, 0.1) is 10.1 Å². The van der Waals surface area contributed by atoms with Gasteiger partial charge in [0.1, 0.15) is 0 Å². The summed E-state index contributed by atoms with van der Waals surface area (Å²) in [4.78, 5) is 23.9. The molecule has 110 valence electrons. The Balaban J connectivity index is 2.59. The minimum Gasteiger partial charge on any atom is -0.341 e. The number of para-hydroxylation sites is 1. The molecular formula is C14H21N3O3. The molecule has 6 heteroatoms. The number of hydrogen-bond acceptors (Lipinski definition) is 4. The second-order valence-electron chi connectivity index (χ2n) is 5.01. The van der Waals surface area contributed by atoms with Crippen molar-refractivity contribution < 1.29 is 9.72 Å². The molecule has 0 aliphatic heterocycles. The Kier molecular flexibility index (Phi) is 6.11. The molecule has 0 saturated carbocycles. The molecule has 0 heterocycles. The van der Waals surface area contributed by atoms with Crippen LogP contribution in [-0.2, 0) is 11.3 Å². The van der Waals surface area contributed by atoms with Gasteiger partial charge in [-0.25, -0.2) is 0 Å². The molecule has 1 atom stereocenters. The Morgan fingerprint density at radius 3 is 2.70 bits per heavy atom. The van der Waals surface area contributed by atoms with Crippen LogP contribution in [0.25, 0.3) is 0 Å². The lowest BCUT2D eigenvalue weighted by molar-refractivity contribution is -0.385. The monoisotopic (exact) mass is 279 g/mol. The molecule has 6 nitrogen and oxygen atoms in total. The average molecular weight is 279 g/mol. The van der Waals surface area contributed by atoms with Crippen LogP contribution in [0.4, 0.5) is 5.69 Å². The first kappa shape index (κ1) is 16.1. The zero-order valence-corrected chi connectivity index (χ0v) is 11.9. The number of benzene rings is 1. The molecule has 0 saturated heterocycles. The van der Waals surface area contributed by atoms with Gasteiger partial charge in [0.2, 0.25) is 5.91 Å². The normalized spacial score (nSPS) is 11.9. The van der Waals surface area contributed by atoms with E-state index in [2.05, 4.69) is 0 Å². The first-order valence-electron chi connectivity index (χ1n) is 6.63. The van der Waals surface area contributed by atoms with Crippen molar-refractivity contribution >= 4 is 11.6 Å². The van der Waals surface area contributed by atoms with Crippen molar-refractivity contribution in [1.82, 2.24) is 4.90 Å². The smallest absolute Gasteiger partial charge is 0.274 e. The molecule has 20 heavy (non-hydrogen) atoms. The number of rotatable bonds is 7. The van der Waals surface area contributed by atoms with Crippen molar-refractivity contribution in [3.8, 4) is 0 Å². The van der Waals surface area contributed by atoms with Gasteiger partial charge in [-0.15, -0.1) is 0 Å². The van der Waals surface area contributed by atoms with E-state index in [-0.39, 0.29) is 24.2 Å². The summed E-state index contributed by atoms with van der Waals surface area (Å²) >= 11 is 0. The van der Waals surface area contributed by atoms with E-state index in [9.17, 15) is 14.9 Å². The molecule has 1 rings (SSSR count). The highest BCUT2D eigenvalue weighted by molar-refractivity contribution is 5.75. The third-order valence-electron chi connectivity index (χ3n) is 3.07. The summed E-state index contributed by atoms with van der Waals surface area (Å²) in [6, 6.07) is 6.56. The minimum absolute atomic E-state index is 0.0243. The molecule has 1 aromatic rings. The zero-order chi connectivity index (χ0) is 15.1. The lowest BCUT2D eigenvalue weighted by atomic mass is 10.1. The summed E-state index contributed by atoms with van der Waals surface area (Å²) in [6.45, 7) is 2.15. The number of nitro groups is 1. The molecule has 0 aliphatic rings. The number of nitro benzene ring substituents is 1. The number of nitrogens with two attached hydrogens (primary N) is 1. The quantitative estimate of drug-likeness (QED) is 0.611. The van der Waals surface area contributed by atoms with Gasteiger partial charge >= 0.3 is 0 Å². The van der Waals surface area contributed by atoms with Crippen LogP contribution >= 0.6 is 0 Å². The van der Waals surface area contributed by atoms with Gasteiger partial charge in [-0.05, 0) is 19.8 Å². The molecule has 1 amide bonds. The maximum Gasteiger partial charge on any atom is 0.274 e. The van der Waals surface area contributed by atoms with Gasteiger partial charge in [-0.1, -0.05) is 18.2 Å². The first-order chi connectivity index (χ1) is 9.41. The van der Waals surface area contributed by atoms with Crippen molar-refractivity contribution in [3.05, 3.63) is 39.9 Å². The van der Waals surface area contributed by atoms with Crippen LogP contribution in [0.5, 0.6) is 0 Å². The van der Waals surface area contributed by atoms with Crippen molar-refractivity contribution in [2.75, 3.05) is 7.05 Å². The van der Waals surface area contributed by atoms with Crippen molar-refractivity contribution in [2.24, 2.45) is 5.73 Å². The van der Waals surface area contributed by atoms with E-state index in [1.807, 2.05) is 6.92 Å². The molecule has 2 N–H and O–H groups in total. The maximum absolute atomic E-state index is 11.9. The highest BCUT2D eigenvalue weighted by Gasteiger charge is 2.16. The van der Waals surface area contributed by atoms with Crippen LogP contribution in [0.2, 0.25) is 0 Å². The van der Waals surface area contributed by atoms with E-state index < -0.39 is 4.92 Å². The van der Waals surface area contributed by atoms with Gasteiger partial charge in [0.25, 0.3) is 5.69 Å². The summed E-state index contributed by atoms with van der Waals surface area (Å²) in [5.74, 6) is -0.0243. The summed E-state index contributed by atoms with van der Waals surface area (Å²) in [5, 5.41) is 10.9. The van der Waals surface area contributed by atoms with Crippen LogP contribution in [0.3, 0.4) is 0 Å². The average Bonchev–Trinajstić information content (AvgIpc) is 2.38. The van der Waals surface area contributed by atoms with Gasteiger partial charge < -0.3 is 10.6 Å². The van der Waals surface area contributed by atoms with E-state index >= 15 is 0 Å². The SMILES string of the molecule is CC(N)CCCC(=O)N(C)Cc1ccccc1[N+](=O)[O-]. The van der Waals surface area contributed by atoms with Gasteiger partial charge in [0.15, 0.2) is 0 Å². The predicted octanol–water partition coefficient (Wildman–Crippen LogP) is 2.07. The van der Waals surface area contributed by atoms with Crippen molar-refractivity contribution in [1.29, 1.82) is 0 Å². The number of carbonyl (C=O) groups is 1. The highest BCUT2D eigenvalue weighted by atomic mass is 16.6. The molecule has 1 unspecified atom stereocenters. The van der Waals surface area contributed by atoms with Gasteiger partial charge in [-0.3, -0.25) is 14.9 Å². The molecule has 0 aliphatic carbocycles. The Morgan fingerprint density at radius 2 is 2.10 bits per heavy atom. The summed E-state index contributed by atoms with van der Waals surface area (Å²) < 4.78 is 0. The minimum atomic E-state index is -0.427. The Hall–Kier alpha value is -1.95. The van der Waals surface area contributed by atoms with Crippen molar-refractivity contribution in [2.45, 2.75) is 38.8 Å². The third-order valence-corrected chi connectivity index (χ3v) is 3.07. The van der Waals surface area contributed by atoms with Gasteiger partial charge in [-0.2, -0.15) is 0 Å². The van der Waals surface area contributed by atoms with Gasteiger partial charge in [0.05, 0.1) is 11.5 Å². The van der Waals surface area contributed by atoms with E-state index in [1.54, 1.807) is 25.2 Å². The van der Waals surface area contributed by atoms with Crippen molar-refractivity contribution in [3.63, 3.8) is 0 Å². The molecular weight excluding hydrogens is 258 g/mol. The molecule has 0 fully saturated rings. The summed E-state index contributed by atoms with van der Waals surface area (Å²) in [5.41, 5.74) is 6.22. The van der Waals surface area contributed by atoms with E-state index in [1.165, 1.54) is 11.0 Å². The van der Waals surface area contributed by atoms with Crippen LogP contribution in [0.15, 0.2) is 24.3 Å². The first-order valence-corrected chi connectivity index (χ1v) is 6.63. The Labute approximate surface area is 118 Å². The fourth-order valence-electron chi connectivity index (χ4n) is 1.93. The Morgan fingerprint density at radius 1 is 1.45 bits per heavy atom. The van der Waals surface area contributed by atoms with Crippen LogP contribution in [0.1, 0.15) is 31.7 Å². The second kappa shape index (κ2) is 7.59. The fraction of sp³-hybridized carbons (Fsp3) is 0.500. The largest absolute Gasteiger partial charge is 0.341 e. The topological polar surface area (TPSA) is 89.5 Å². The number of hydrogen-bond donors (Lipinski definition) is 1. The molecule has 1 aromatic carbocycles. The van der Waals surface area contributed by atoms with Crippen LogP contribution < -0.4 is 5.73 Å². The van der Waals surface area contributed by atoms with E-state index in [0.29, 0.717) is 12.0 Å². The number of carbonyl (C=O) groups excluding carboxylic acids is 1. The van der Waals surface area contributed by atoms with Gasteiger partial charge in [0, 0.05) is 31.1 Å². The fourth-order valence-corrected chi connectivity index (χ4v) is 1.93.